The van der Waals surface area contributed by atoms with Gasteiger partial charge in [-0.15, -0.1) is 23.1 Å². The van der Waals surface area contributed by atoms with Crippen LogP contribution in [-0.2, 0) is 0 Å². The van der Waals surface area contributed by atoms with Gasteiger partial charge in [-0.05, 0) is 80.3 Å². The Hall–Kier alpha value is -5.11. The third kappa shape index (κ3) is 5.03. The van der Waals surface area contributed by atoms with E-state index in [2.05, 4.69) is 112 Å². The van der Waals surface area contributed by atoms with E-state index in [0.717, 1.165) is 49.9 Å². The van der Waals surface area contributed by atoms with E-state index in [0.29, 0.717) is 11.2 Å². The predicted molar refractivity (Wildman–Crippen MR) is 196 cm³/mol. The molecular formula is C40H29N5S2. The lowest BCUT2D eigenvalue weighted by Gasteiger charge is -2.32. The van der Waals surface area contributed by atoms with E-state index in [-0.39, 0.29) is 6.17 Å². The summed E-state index contributed by atoms with van der Waals surface area (Å²) < 4.78 is 0. The number of allylic oxidation sites excluding steroid dienone is 5. The first-order valence-electron chi connectivity index (χ1n) is 15.7. The number of nitrogens with zero attached hydrogens (tertiary/aromatic N) is 5. The maximum atomic E-state index is 5.26. The van der Waals surface area contributed by atoms with E-state index >= 15 is 0 Å². The Morgan fingerprint density at radius 3 is 2.04 bits per heavy atom. The van der Waals surface area contributed by atoms with Crippen molar-refractivity contribution in [2.45, 2.75) is 11.4 Å². The molecule has 226 valence electrons. The van der Waals surface area contributed by atoms with Crippen LogP contribution in [0.1, 0.15) is 32.6 Å². The highest BCUT2D eigenvalue weighted by molar-refractivity contribution is 8.03. The standard InChI is InChI=1S/C40H29N5S2/c1-45-39(31-8-4-26(5-9-31)28-16-21-42-22-17-28)43-38(30-6-2-25(3-7-30)27-14-19-41-20-15-27)44-40(45)35-24-32-11-13-33-34(37(32)47-35)12-10-29-18-23-46-36(29)33/h2-24,33,36,39H,1H3. The van der Waals surface area contributed by atoms with Gasteiger partial charge in [0.05, 0.1) is 4.88 Å². The molecule has 4 aliphatic rings. The average molecular weight is 644 g/mol. The summed E-state index contributed by atoms with van der Waals surface area (Å²) in [6, 6.07) is 27.7. The molecule has 0 N–H and O–H groups in total. The van der Waals surface area contributed by atoms with Gasteiger partial charge in [-0.3, -0.25) is 9.97 Å². The topological polar surface area (TPSA) is 53.7 Å². The summed E-state index contributed by atoms with van der Waals surface area (Å²) in [5.74, 6) is 2.06. The molecule has 3 aromatic heterocycles. The van der Waals surface area contributed by atoms with Crippen LogP contribution in [0.5, 0.6) is 0 Å². The number of thioether (sulfide) groups is 1. The van der Waals surface area contributed by atoms with Crippen LogP contribution < -0.4 is 0 Å². The van der Waals surface area contributed by atoms with Crippen LogP contribution in [0.4, 0.5) is 0 Å². The molecule has 7 heteroatoms. The minimum atomic E-state index is -0.230. The van der Waals surface area contributed by atoms with Crippen LogP contribution in [0.2, 0.25) is 0 Å². The minimum absolute atomic E-state index is 0.230. The highest BCUT2D eigenvalue weighted by Gasteiger charge is 2.35. The van der Waals surface area contributed by atoms with Gasteiger partial charge in [0.1, 0.15) is 5.84 Å². The smallest absolute Gasteiger partial charge is 0.159 e. The van der Waals surface area contributed by atoms with Crippen LogP contribution >= 0.6 is 23.1 Å². The maximum Gasteiger partial charge on any atom is 0.159 e. The minimum Gasteiger partial charge on any atom is -0.333 e. The van der Waals surface area contributed by atoms with E-state index in [1.165, 1.54) is 21.6 Å². The largest absolute Gasteiger partial charge is 0.333 e. The van der Waals surface area contributed by atoms with Crippen molar-refractivity contribution >= 4 is 46.4 Å². The number of thiophene rings is 1. The number of aromatic nitrogens is 2. The van der Waals surface area contributed by atoms with E-state index in [1.54, 1.807) is 0 Å². The molecular weight excluding hydrogens is 615 g/mol. The van der Waals surface area contributed by atoms with Crippen molar-refractivity contribution < 1.29 is 0 Å². The lowest BCUT2D eigenvalue weighted by atomic mass is 9.81. The number of amidine groups is 2. The second-order valence-electron chi connectivity index (χ2n) is 12.0. The summed E-state index contributed by atoms with van der Waals surface area (Å²) >= 11 is 3.77. The quantitative estimate of drug-likeness (QED) is 0.192. The summed E-state index contributed by atoms with van der Waals surface area (Å²) in [6.07, 6.45) is 18.7. The Morgan fingerprint density at radius 2 is 1.34 bits per heavy atom. The Bertz CT molecular complexity index is 2170. The highest BCUT2D eigenvalue weighted by Crippen LogP contribution is 2.49. The highest BCUT2D eigenvalue weighted by atomic mass is 32.2. The molecule has 5 heterocycles. The zero-order chi connectivity index (χ0) is 31.3. The second kappa shape index (κ2) is 11.6. The van der Waals surface area contributed by atoms with Crippen LogP contribution in [0.3, 0.4) is 0 Å². The first-order chi connectivity index (χ1) is 23.2. The van der Waals surface area contributed by atoms with E-state index in [9.17, 15) is 0 Å². The molecule has 0 radical (unpaired) electrons. The van der Waals surface area contributed by atoms with Crippen LogP contribution in [0.25, 0.3) is 33.9 Å². The summed E-state index contributed by atoms with van der Waals surface area (Å²) in [5.41, 5.74) is 10.8. The fourth-order valence-corrected chi connectivity index (χ4v) is 9.10. The van der Waals surface area contributed by atoms with Gasteiger partial charge in [-0.2, -0.15) is 0 Å². The van der Waals surface area contributed by atoms with Crippen molar-refractivity contribution in [2.24, 2.45) is 15.9 Å². The van der Waals surface area contributed by atoms with Gasteiger partial charge in [-0.25, -0.2) is 9.98 Å². The molecule has 0 fully saturated rings. The molecule has 3 unspecified atom stereocenters. The first kappa shape index (κ1) is 28.1. The van der Waals surface area contributed by atoms with Gasteiger partial charge >= 0.3 is 0 Å². The van der Waals surface area contributed by atoms with Crippen molar-refractivity contribution in [3.8, 4) is 22.3 Å². The van der Waals surface area contributed by atoms with Gasteiger partial charge < -0.3 is 4.90 Å². The van der Waals surface area contributed by atoms with Gasteiger partial charge in [0.2, 0.25) is 0 Å². The second-order valence-corrected chi connectivity index (χ2v) is 14.1. The lowest BCUT2D eigenvalue weighted by Crippen LogP contribution is -2.35. The SMILES string of the molecule is CN1C(c2cc3c(s2)C2=CC=C4C=CSC4C2C=C3)=NC(c2ccc(-c3ccncc3)cc2)=NC1c1ccc(-c2ccncc2)cc1. The number of aliphatic imine (C=N–C) groups is 2. The number of hydrogen-bond acceptors (Lipinski definition) is 7. The van der Waals surface area contributed by atoms with Gasteiger partial charge in [0.25, 0.3) is 0 Å². The van der Waals surface area contributed by atoms with E-state index in [1.807, 2.05) is 72.2 Å². The Balaban J connectivity index is 1.11. The monoisotopic (exact) mass is 643 g/mol. The molecule has 5 nitrogen and oxygen atoms in total. The maximum absolute atomic E-state index is 5.26. The fourth-order valence-electron chi connectivity index (χ4n) is 6.72. The van der Waals surface area contributed by atoms with Crippen molar-refractivity contribution in [3.63, 3.8) is 0 Å². The van der Waals surface area contributed by atoms with Gasteiger partial charge in [0.15, 0.2) is 12.0 Å². The third-order valence-corrected chi connectivity index (χ3v) is 11.6. The summed E-state index contributed by atoms with van der Waals surface area (Å²) in [6.45, 7) is 0. The molecule has 0 amide bonds. The van der Waals surface area contributed by atoms with Crippen LogP contribution in [-0.4, -0.2) is 38.8 Å². The molecule has 2 aromatic carbocycles. The van der Waals surface area contributed by atoms with Crippen molar-refractivity contribution in [1.82, 2.24) is 14.9 Å². The van der Waals surface area contributed by atoms with Gasteiger partial charge in [-0.1, -0.05) is 78.9 Å². The molecule has 9 rings (SSSR count). The zero-order valence-corrected chi connectivity index (χ0v) is 27.2. The van der Waals surface area contributed by atoms with Crippen LogP contribution in [0.15, 0.2) is 149 Å². The predicted octanol–water partition coefficient (Wildman–Crippen LogP) is 9.31. The summed E-state index contributed by atoms with van der Waals surface area (Å²) in [5, 5.41) is 2.70. The van der Waals surface area contributed by atoms with E-state index < -0.39 is 0 Å². The van der Waals surface area contributed by atoms with E-state index in [4.69, 9.17) is 9.98 Å². The average Bonchev–Trinajstić information content (AvgIpc) is 3.81. The lowest BCUT2D eigenvalue weighted by molar-refractivity contribution is 0.383. The summed E-state index contributed by atoms with van der Waals surface area (Å²) in [4.78, 5) is 23.6. The molecule has 0 saturated heterocycles. The molecule has 0 bridgehead atoms. The Kier molecular flexibility index (Phi) is 6.95. The molecule has 2 aliphatic carbocycles. The molecule has 47 heavy (non-hydrogen) atoms. The first-order valence-corrected chi connectivity index (χ1v) is 17.4. The van der Waals surface area contributed by atoms with Gasteiger partial charge in [0, 0.05) is 53.4 Å². The Labute approximate surface area is 282 Å². The number of fused-ring (bicyclic) bond motifs is 5. The fraction of sp³-hybridized carbons (Fsp3) is 0.100. The normalized spacial score (nSPS) is 20.9. The Morgan fingerprint density at radius 1 is 0.702 bits per heavy atom. The number of benzene rings is 2. The van der Waals surface area contributed by atoms with Crippen LogP contribution in [0, 0.1) is 5.92 Å². The third-order valence-electron chi connectivity index (χ3n) is 9.22. The number of pyridine rings is 2. The zero-order valence-electron chi connectivity index (χ0n) is 25.6. The molecule has 3 atom stereocenters. The molecule has 0 spiro atoms. The number of rotatable bonds is 5. The number of hydrogen-bond donors (Lipinski definition) is 0. The van der Waals surface area contributed by atoms with Crippen molar-refractivity contribution in [1.29, 1.82) is 0 Å². The molecule has 0 saturated carbocycles. The van der Waals surface area contributed by atoms with Crippen molar-refractivity contribution in [2.75, 3.05) is 7.05 Å². The molecule has 2 aliphatic heterocycles. The summed E-state index contributed by atoms with van der Waals surface area (Å²) in [7, 11) is 2.11. The van der Waals surface area contributed by atoms with Crippen molar-refractivity contribution in [3.05, 3.63) is 165 Å². The molecule has 5 aromatic rings.